The van der Waals surface area contributed by atoms with Crippen LogP contribution in [0.2, 0.25) is 0 Å². The normalized spacial score (nSPS) is 22.2. The summed E-state index contributed by atoms with van der Waals surface area (Å²) >= 11 is 0. The molecule has 1 fully saturated rings. The Morgan fingerprint density at radius 2 is 2.19 bits per heavy atom. The molecule has 0 radical (unpaired) electrons. The van der Waals surface area contributed by atoms with Gasteiger partial charge in [-0.25, -0.2) is 0 Å². The standard InChI is InChI=1S/C13H19NO2/c1-14-7-8-16-13(9-14)11-15-10-12-5-3-2-4-6-12/h2-6,13H,7-11H2,1H3. The van der Waals surface area contributed by atoms with Crippen LogP contribution < -0.4 is 0 Å². The van der Waals surface area contributed by atoms with E-state index < -0.39 is 0 Å². The maximum Gasteiger partial charge on any atom is 0.0935 e. The molecular weight excluding hydrogens is 202 g/mol. The second kappa shape index (κ2) is 5.99. The fraction of sp³-hybridized carbons (Fsp3) is 0.538. The number of ether oxygens (including phenoxy) is 2. The van der Waals surface area contributed by atoms with Gasteiger partial charge in [-0.2, -0.15) is 0 Å². The van der Waals surface area contributed by atoms with Gasteiger partial charge in [0.2, 0.25) is 0 Å². The highest BCUT2D eigenvalue weighted by Crippen LogP contribution is 2.06. The summed E-state index contributed by atoms with van der Waals surface area (Å²) in [6, 6.07) is 10.2. The van der Waals surface area contributed by atoms with Gasteiger partial charge in [0.1, 0.15) is 0 Å². The van der Waals surface area contributed by atoms with Gasteiger partial charge in [-0.1, -0.05) is 30.3 Å². The first-order valence-electron chi connectivity index (χ1n) is 5.76. The van der Waals surface area contributed by atoms with Crippen molar-refractivity contribution < 1.29 is 9.47 Å². The maximum absolute atomic E-state index is 5.66. The SMILES string of the molecule is CN1CCOC(COCc2ccccc2)C1. The minimum absolute atomic E-state index is 0.225. The third-order valence-electron chi connectivity index (χ3n) is 2.76. The second-order valence-corrected chi connectivity index (χ2v) is 4.26. The third kappa shape index (κ3) is 3.59. The topological polar surface area (TPSA) is 21.7 Å². The van der Waals surface area contributed by atoms with Crippen LogP contribution in [-0.4, -0.2) is 44.4 Å². The lowest BCUT2D eigenvalue weighted by molar-refractivity contribution is -0.0663. The first kappa shape index (κ1) is 11.6. The molecule has 0 N–H and O–H groups in total. The lowest BCUT2D eigenvalue weighted by Crippen LogP contribution is -2.42. The fourth-order valence-electron chi connectivity index (χ4n) is 1.85. The van der Waals surface area contributed by atoms with E-state index in [1.54, 1.807) is 0 Å². The Balaban J connectivity index is 1.68. The molecule has 0 aliphatic carbocycles. The van der Waals surface area contributed by atoms with Crippen molar-refractivity contribution in [1.82, 2.24) is 4.90 Å². The van der Waals surface area contributed by atoms with Crippen molar-refractivity contribution in [3.05, 3.63) is 35.9 Å². The van der Waals surface area contributed by atoms with Crippen LogP contribution in [0.5, 0.6) is 0 Å². The Morgan fingerprint density at radius 3 is 2.94 bits per heavy atom. The Bertz CT molecular complexity index is 302. The predicted molar refractivity (Wildman–Crippen MR) is 63.3 cm³/mol. The molecule has 1 aromatic carbocycles. The van der Waals surface area contributed by atoms with Gasteiger partial charge in [-0.05, 0) is 12.6 Å². The number of nitrogens with zero attached hydrogens (tertiary/aromatic N) is 1. The number of benzene rings is 1. The average Bonchev–Trinajstić information content (AvgIpc) is 2.30. The van der Waals surface area contributed by atoms with Crippen LogP contribution in [0.1, 0.15) is 5.56 Å². The molecule has 1 unspecified atom stereocenters. The van der Waals surface area contributed by atoms with E-state index in [4.69, 9.17) is 9.47 Å². The van der Waals surface area contributed by atoms with Crippen molar-refractivity contribution in [3.8, 4) is 0 Å². The molecule has 0 bridgehead atoms. The highest BCUT2D eigenvalue weighted by molar-refractivity contribution is 5.13. The summed E-state index contributed by atoms with van der Waals surface area (Å²) in [5, 5.41) is 0. The maximum atomic E-state index is 5.66. The zero-order valence-corrected chi connectivity index (χ0v) is 9.76. The van der Waals surface area contributed by atoms with E-state index in [-0.39, 0.29) is 6.10 Å². The molecule has 16 heavy (non-hydrogen) atoms. The van der Waals surface area contributed by atoms with Gasteiger partial charge in [0.25, 0.3) is 0 Å². The van der Waals surface area contributed by atoms with Gasteiger partial charge in [0, 0.05) is 13.1 Å². The molecule has 1 heterocycles. The van der Waals surface area contributed by atoms with Gasteiger partial charge >= 0.3 is 0 Å². The quantitative estimate of drug-likeness (QED) is 0.769. The van der Waals surface area contributed by atoms with Crippen LogP contribution in [-0.2, 0) is 16.1 Å². The van der Waals surface area contributed by atoms with Crippen molar-refractivity contribution in [3.63, 3.8) is 0 Å². The summed E-state index contributed by atoms with van der Waals surface area (Å²) in [6.45, 7) is 4.16. The molecule has 1 atom stereocenters. The summed E-state index contributed by atoms with van der Waals surface area (Å²) in [4.78, 5) is 2.28. The molecule has 0 aromatic heterocycles. The van der Waals surface area contributed by atoms with Gasteiger partial charge in [-0.15, -0.1) is 0 Å². The summed E-state index contributed by atoms with van der Waals surface area (Å²) < 4.78 is 11.3. The number of morpholine rings is 1. The minimum Gasteiger partial charge on any atom is -0.374 e. The predicted octanol–water partition coefficient (Wildman–Crippen LogP) is 1.53. The first-order valence-corrected chi connectivity index (χ1v) is 5.76. The summed E-state index contributed by atoms with van der Waals surface area (Å²) in [6.07, 6.45) is 0.225. The monoisotopic (exact) mass is 221 g/mol. The molecule has 1 aromatic rings. The van der Waals surface area contributed by atoms with E-state index in [9.17, 15) is 0 Å². The molecule has 1 aliphatic rings. The zero-order valence-electron chi connectivity index (χ0n) is 9.76. The number of likely N-dealkylation sites (N-methyl/N-ethyl adjacent to an activating group) is 1. The summed E-state index contributed by atoms with van der Waals surface area (Å²) in [5.74, 6) is 0. The van der Waals surface area contributed by atoms with Crippen molar-refractivity contribution >= 4 is 0 Å². The molecule has 3 nitrogen and oxygen atoms in total. The molecular formula is C13H19NO2. The molecule has 3 heteroatoms. The summed E-state index contributed by atoms with van der Waals surface area (Å²) in [7, 11) is 2.12. The Morgan fingerprint density at radius 1 is 1.38 bits per heavy atom. The van der Waals surface area contributed by atoms with E-state index in [1.807, 2.05) is 18.2 Å². The molecule has 1 aliphatic heterocycles. The minimum atomic E-state index is 0.225. The molecule has 0 spiro atoms. The lowest BCUT2D eigenvalue weighted by Gasteiger charge is -2.29. The van der Waals surface area contributed by atoms with E-state index in [1.165, 1.54) is 5.56 Å². The van der Waals surface area contributed by atoms with E-state index in [2.05, 4.69) is 24.1 Å². The molecule has 0 amide bonds. The molecule has 88 valence electrons. The number of hydrogen-bond donors (Lipinski definition) is 0. The van der Waals surface area contributed by atoms with Gasteiger partial charge in [0.05, 0.1) is 25.9 Å². The fourth-order valence-corrected chi connectivity index (χ4v) is 1.85. The first-order chi connectivity index (χ1) is 7.84. The van der Waals surface area contributed by atoms with Crippen LogP contribution in [0, 0.1) is 0 Å². The largest absolute Gasteiger partial charge is 0.374 e. The Kier molecular flexibility index (Phi) is 4.34. The highest BCUT2D eigenvalue weighted by atomic mass is 16.5. The molecule has 1 saturated heterocycles. The Hall–Kier alpha value is -0.900. The second-order valence-electron chi connectivity index (χ2n) is 4.26. The van der Waals surface area contributed by atoms with Crippen molar-refractivity contribution in [2.24, 2.45) is 0 Å². The molecule has 2 rings (SSSR count). The molecule has 0 saturated carbocycles. The van der Waals surface area contributed by atoms with Gasteiger partial charge in [0.15, 0.2) is 0 Å². The zero-order chi connectivity index (χ0) is 11.2. The van der Waals surface area contributed by atoms with E-state index in [0.29, 0.717) is 13.2 Å². The third-order valence-corrected chi connectivity index (χ3v) is 2.76. The number of hydrogen-bond acceptors (Lipinski definition) is 3. The van der Waals surface area contributed by atoms with E-state index >= 15 is 0 Å². The van der Waals surface area contributed by atoms with Crippen molar-refractivity contribution in [2.75, 3.05) is 33.4 Å². The van der Waals surface area contributed by atoms with Crippen molar-refractivity contribution in [2.45, 2.75) is 12.7 Å². The van der Waals surface area contributed by atoms with Crippen LogP contribution in [0.25, 0.3) is 0 Å². The smallest absolute Gasteiger partial charge is 0.0935 e. The van der Waals surface area contributed by atoms with Crippen LogP contribution >= 0.6 is 0 Å². The highest BCUT2D eigenvalue weighted by Gasteiger charge is 2.17. The van der Waals surface area contributed by atoms with Crippen LogP contribution in [0.3, 0.4) is 0 Å². The van der Waals surface area contributed by atoms with E-state index in [0.717, 1.165) is 19.7 Å². The summed E-state index contributed by atoms with van der Waals surface area (Å²) in [5.41, 5.74) is 1.21. The lowest BCUT2D eigenvalue weighted by atomic mass is 10.2. The number of rotatable bonds is 4. The average molecular weight is 221 g/mol. The Labute approximate surface area is 97.0 Å². The van der Waals surface area contributed by atoms with Crippen LogP contribution in [0.15, 0.2) is 30.3 Å². The van der Waals surface area contributed by atoms with Crippen molar-refractivity contribution in [1.29, 1.82) is 0 Å². The van der Waals surface area contributed by atoms with Gasteiger partial charge in [-0.3, -0.25) is 0 Å². The van der Waals surface area contributed by atoms with Crippen LogP contribution in [0.4, 0.5) is 0 Å². The van der Waals surface area contributed by atoms with Gasteiger partial charge < -0.3 is 14.4 Å².